The summed E-state index contributed by atoms with van der Waals surface area (Å²) in [5, 5.41) is 8.01. The Kier molecular flexibility index (Phi) is 4.94. The molecule has 7 nitrogen and oxygen atoms in total. The number of hydrogen-bond donors (Lipinski definition) is 1. The zero-order valence-corrected chi connectivity index (χ0v) is 15.9. The molecular weight excluding hydrogens is 346 g/mol. The van der Waals surface area contributed by atoms with E-state index in [-0.39, 0.29) is 17.4 Å². The van der Waals surface area contributed by atoms with Gasteiger partial charge in [-0.05, 0) is 52.3 Å². The third-order valence-corrected chi connectivity index (χ3v) is 4.33. The fraction of sp³-hybridized carbons (Fsp3) is 0.300. The highest BCUT2D eigenvalue weighted by molar-refractivity contribution is 6.01. The molecule has 140 valence electrons. The van der Waals surface area contributed by atoms with E-state index >= 15 is 0 Å². The van der Waals surface area contributed by atoms with Gasteiger partial charge in [-0.15, -0.1) is 10.2 Å². The summed E-state index contributed by atoms with van der Waals surface area (Å²) in [6.45, 7) is 8.55. The summed E-state index contributed by atoms with van der Waals surface area (Å²) in [5.74, 6) is -0.117. The van der Waals surface area contributed by atoms with Crippen molar-refractivity contribution in [1.29, 1.82) is 0 Å². The van der Waals surface area contributed by atoms with Crippen LogP contribution >= 0.6 is 0 Å². The van der Waals surface area contributed by atoms with E-state index in [1.54, 1.807) is 20.8 Å². The monoisotopic (exact) mass is 367 g/mol. The van der Waals surface area contributed by atoms with Crippen LogP contribution in [0.5, 0.6) is 0 Å². The molecule has 1 N–H and O–H groups in total. The standard InChI is InChI=1S/C20H21N3O4/c1-10-7-6-8-15(9-10)19-23-22-18(27-19)14(5)26-20(25)17-11(2)16(13(4)24)12(3)21-17/h6-9,14,21H,1-5H3/t14-/m0/s1. The van der Waals surface area contributed by atoms with Crippen molar-refractivity contribution in [3.8, 4) is 11.5 Å². The van der Waals surface area contributed by atoms with Crippen LogP contribution in [0.15, 0.2) is 28.7 Å². The van der Waals surface area contributed by atoms with Crippen molar-refractivity contribution in [2.45, 2.75) is 40.7 Å². The Morgan fingerprint density at radius 1 is 1.19 bits per heavy atom. The second kappa shape index (κ2) is 7.19. The number of H-pyrrole nitrogens is 1. The summed E-state index contributed by atoms with van der Waals surface area (Å²) in [5.41, 5.74) is 3.85. The summed E-state index contributed by atoms with van der Waals surface area (Å²) in [7, 11) is 0. The van der Waals surface area contributed by atoms with Crippen molar-refractivity contribution < 1.29 is 18.7 Å². The van der Waals surface area contributed by atoms with Crippen LogP contribution < -0.4 is 0 Å². The summed E-state index contributed by atoms with van der Waals surface area (Å²) in [6, 6.07) is 7.68. The van der Waals surface area contributed by atoms with Crippen LogP contribution in [0, 0.1) is 20.8 Å². The lowest BCUT2D eigenvalue weighted by Crippen LogP contribution is -2.11. The van der Waals surface area contributed by atoms with E-state index in [1.807, 2.05) is 31.2 Å². The lowest BCUT2D eigenvalue weighted by Gasteiger charge is -2.09. The molecule has 3 aromatic rings. The van der Waals surface area contributed by atoms with E-state index in [4.69, 9.17) is 9.15 Å². The summed E-state index contributed by atoms with van der Waals surface area (Å²) in [6.07, 6.45) is -0.729. The number of ketones is 1. The van der Waals surface area contributed by atoms with Crippen molar-refractivity contribution in [1.82, 2.24) is 15.2 Å². The van der Waals surface area contributed by atoms with Crippen LogP contribution in [0.1, 0.15) is 63.5 Å². The Labute approximate surface area is 156 Å². The van der Waals surface area contributed by atoms with E-state index < -0.39 is 12.1 Å². The molecule has 0 spiro atoms. The number of nitrogens with zero attached hydrogens (tertiary/aromatic N) is 2. The Morgan fingerprint density at radius 3 is 2.56 bits per heavy atom. The number of nitrogens with one attached hydrogen (secondary N) is 1. The Hall–Kier alpha value is -3.22. The molecule has 0 saturated carbocycles. The van der Waals surface area contributed by atoms with E-state index in [0.29, 0.717) is 22.7 Å². The van der Waals surface area contributed by atoms with Crippen molar-refractivity contribution >= 4 is 11.8 Å². The summed E-state index contributed by atoms with van der Waals surface area (Å²) in [4.78, 5) is 27.2. The third-order valence-electron chi connectivity index (χ3n) is 4.33. The van der Waals surface area contributed by atoms with Crippen LogP contribution in [0.4, 0.5) is 0 Å². The van der Waals surface area contributed by atoms with Gasteiger partial charge in [-0.25, -0.2) is 4.79 Å². The largest absolute Gasteiger partial charge is 0.448 e. The van der Waals surface area contributed by atoms with Crippen molar-refractivity contribution in [2.75, 3.05) is 0 Å². The molecule has 0 bridgehead atoms. The van der Waals surface area contributed by atoms with Gasteiger partial charge in [0.2, 0.25) is 5.89 Å². The van der Waals surface area contributed by atoms with Crippen LogP contribution in [0.3, 0.4) is 0 Å². The maximum absolute atomic E-state index is 12.5. The molecule has 2 aromatic heterocycles. The average molecular weight is 367 g/mol. The molecule has 0 unspecified atom stereocenters. The minimum Gasteiger partial charge on any atom is -0.448 e. The van der Waals surface area contributed by atoms with Gasteiger partial charge in [0.05, 0.1) is 0 Å². The van der Waals surface area contributed by atoms with Gasteiger partial charge in [-0.3, -0.25) is 4.79 Å². The number of esters is 1. The first-order valence-electron chi connectivity index (χ1n) is 8.59. The van der Waals surface area contributed by atoms with Gasteiger partial charge in [0.25, 0.3) is 5.89 Å². The van der Waals surface area contributed by atoms with Crippen molar-refractivity contribution in [3.63, 3.8) is 0 Å². The van der Waals surface area contributed by atoms with Crippen LogP contribution in [-0.2, 0) is 4.74 Å². The van der Waals surface area contributed by atoms with Crippen LogP contribution in [0.2, 0.25) is 0 Å². The molecule has 0 amide bonds. The maximum atomic E-state index is 12.5. The fourth-order valence-corrected chi connectivity index (χ4v) is 3.05. The molecular formula is C20H21N3O4. The molecule has 0 saturated heterocycles. The van der Waals surface area contributed by atoms with E-state index in [0.717, 1.165) is 11.1 Å². The molecule has 0 aliphatic heterocycles. The average Bonchev–Trinajstić information content (AvgIpc) is 3.19. The molecule has 1 aromatic carbocycles. The van der Waals surface area contributed by atoms with Crippen LogP contribution in [-0.4, -0.2) is 26.9 Å². The fourth-order valence-electron chi connectivity index (χ4n) is 3.05. The number of ether oxygens (including phenoxy) is 1. The van der Waals surface area contributed by atoms with Gasteiger partial charge in [0.1, 0.15) is 5.69 Å². The smallest absolute Gasteiger partial charge is 0.355 e. The molecule has 27 heavy (non-hydrogen) atoms. The Morgan fingerprint density at radius 2 is 1.93 bits per heavy atom. The van der Waals surface area contributed by atoms with E-state index in [1.165, 1.54) is 6.92 Å². The lowest BCUT2D eigenvalue weighted by atomic mass is 10.1. The molecule has 0 fully saturated rings. The predicted molar refractivity (Wildman–Crippen MR) is 98.6 cm³/mol. The Balaban J connectivity index is 1.78. The van der Waals surface area contributed by atoms with Gasteiger partial charge < -0.3 is 14.1 Å². The number of rotatable bonds is 5. The first-order valence-corrected chi connectivity index (χ1v) is 8.59. The first kappa shape index (κ1) is 18.6. The number of carbonyl (C=O) groups is 2. The number of aryl methyl sites for hydroxylation is 2. The number of Topliss-reactive ketones (excluding diaryl/α,β-unsaturated/α-hetero) is 1. The highest BCUT2D eigenvalue weighted by Crippen LogP contribution is 2.25. The minimum absolute atomic E-state index is 0.104. The number of benzene rings is 1. The topological polar surface area (TPSA) is 98.1 Å². The number of aromatic nitrogens is 3. The molecule has 7 heteroatoms. The number of carbonyl (C=O) groups excluding carboxylic acids is 2. The van der Waals surface area contributed by atoms with E-state index in [9.17, 15) is 9.59 Å². The van der Waals surface area contributed by atoms with E-state index in [2.05, 4.69) is 15.2 Å². The van der Waals surface area contributed by atoms with Crippen molar-refractivity contribution in [3.05, 3.63) is 58.2 Å². The maximum Gasteiger partial charge on any atom is 0.355 e. The summed E-state index contributed by atoms with van der Waals surface area (Å²) >= 11 is 0. The lowest BCUT2D eigenvalue weighted by molar-refractivity contribution is 0.0272. The van der Waals surface area contributed by atoms with Gasteiger partial charge in [0, 0.05) is 16.8 Å². The predicted octanol–water partition coefficient (Wildman–Crippen LogP) is 4.11. The van der Waals surface area contributed by atoms with Gasteiger partial charge >= 0.3 is 5.97 Å². The Bertz CT molecular complexity index is 1020. The van der Waals surface area contributed by atoms with Gasteiger partial charge in [0.15, 0.2) is 11.9 Å². The second-order valence-corrected chi connectivity index (χ2v) is 6.54. The van der Waals surface area contributed by atoms with Gasteiger partial charge in [-0.2, -0.15) is 0 Å². The zero-order chi connectivity index (χ0) is 19.7. The normalized spacial score (nSPS) is 12.0. The van der Waals surface area contributed by atoms with Gasteiger partial charge in [-0.1, -0.05) is 17.7 Å². The minimum atomic E-state index is -0.729. The summed E-state index contributed by atoms with van der Waals surface area (Å²) < 4.78 is 11.1. The highest BCUT2D eigenvalue weighted by Gasteiger charge is 2.25. The molecule has 0 radical (unpaired) electrons. The zero-order valence-electron chi connectivity index (χ0n) is 15.9. The SMILES string of the molecule is CC(=O)c1c(C)[nH]c(C(=O)O[C@@H](C)c2nnc(-c3cccc(C)c3)o2)c1C. The third kappa shape index (κ3) is 3.67. The quantitative estimate of drug-likeness (QED) is 0.538. The number of aromatic amines is 1. The molecule has 0 aliphatic carbocycles. The molecule has 2 heterocycles. The van der Waals surface area contributed by atoms with Crippen molar-refractivity contribution in [2.24, 2.45) is 0 Å². The molecule has 3 rings (SSSR count). The highest BCUT2D eigenvalue weighted by atomic mass is 16.6. The second-order valence-electron chi connectivity index (χ2n) is 6.54. The molecule has 0 aliphatic rings. The van der Waals surface area contributed by atoms with Crippen LogP contribution in [0.25, 0.3) is 11.5 Å². The molecule has 1 atom stereocenters. The number of hydrogen-bond acceptors (Lipinski definition) is 6. The first-order chi connectivity index (χ1) is 12.8.